The van der Waals surface area contributed by atoms with Crippen LogP contribution < -0.4 is 5.49 Å². The second-order valence-corrected chi connectivity index (χ2v) is 4.04. The molecule has 92 valence electrons. The molecule has 1 aromatic carbocycles. The molecule has 4 nitrogen and oxygen atoms in total. The van der Waals surface area contributed by atoms with Crippen molar-refractivity contribution < 1.29 is 4.79 Å². The van der Waals surface area contributed by atoms with Gasteiger partial charge in [-0.3, -0.25) is 4.79 Å². The highest BCUT2D eigenvalue weighted by Gasteiger charge is 2.03. The summed E-state index contributed by atoms with van der Waals surface area (Å²) < 4.78 is 1.97. The maximum atomic E-state index is 11.4. The summed E-state index contributed by atoms with van der Waals surface area (Å²) in [6.45, 7) is 3.42. The smallest absolute Gasteiger partial charge is 0.271 e. The second-order valence-electron chi connectivity index (χ2n) is 4.04. The lowest BCUT2D eigenvalue weighted by atomic mass is 10.2. The van der Waals surface area contributed by atoms with Crippen molar-refractivity contribution in [1.29, 1.82) is 0 Å². The predicted molar refractivity (Wildman–Crippen MR) is 73.5 cm³/mol. The number of benzene rings is 1. The van der Waals surface area contributed by atoms with Gasteiger partial charge < -0.3 is 4.40 Å². The molecule has 0 saturated heterocycles. The zero-order chi connectivity index (χ0) is 13.2. The summed E-state index contributed by atoms with van der Waals surface area (Å²) in [4.78, 5) is 19.8. The number of hydrogen-bond donors (Lipinski definition) is 0. The molecule has 19 heavy (non-hydrogen) atoms. The molecule has 1 amide bonds. The Morgan fingerprint density at radius 3 is 2.84 bits per heavy atom. The van der Waals surface area contributed by atoms with E-state index in [4.69, 9.17) is 0 Å². The number of para-hydroxylation sites is 1. The quantitative estimate of drug-likeness (QED) is 0.490. The lowest BCUT2D eigenvalue weighted by Crippen LogP contribution is -2.14. The molecule has 2 heterocycles. The molecule has 0 spiro atoms. The molecule has 3 rings (SSSR count). The van der Waals surface area contributed by atoms with Crippen LogP contribution in [0.25, 0.3) is 16.6 Å². The number of rotatable bonds is 1. The van der Waals surface area contributed by atoms with Crippen molar-refractivity contribution in [3.8, 4) is 0 Å². The van der Waals surface area contributed by atoms with Crippen molar-refractivity contribution in [2.24, 2.45) is 4.99 Å². The van der Waals surface area contributed by atoms with Gasteiger partial charge in [-0.05, 0) is 30.3 Å². The topological polar surface area (TPSA) is 46.7 Å². The van der Waals surface area contributed by atoms with Gasteiger partial charge >= 0.3 is 0 Å². The van der Waals surface area contributed by atoms with Gasteiger partial charge in [-0.1, -0.05) is 24.8 Å². The molecule has 0 aliphatic rings. The number of amides is 1. The Labute approximate surface area is 109 Å². The Bertz CT molecular complexity index is 862. The normalized spacial score (nSPS) is 11.9. The van der Waals surface area contributed by atoms with Crippen LogP contribution in [-0.4, -0.2) is 15.3 Å². The van der Waals surface area contributed by atoms with E-state index in [0.717, 1.165) is 16.6 Å². The van der Waals surface area contributed by atoms with Crippen molar-refractivity contribution >= 4 is 22.5 Å². The van der Waals surface area contributed by atoms with Gasteiger partial charge in [-0.25, -0.2) is 4.98 Å². The van der Waals surface area contributed by atoms with Crippen LogP contribution in [0.1, 0.15) is 0 Å². The van der Waals surface area contributed by atoms with Gasteiger partial charge in [0.15, 0.2) is 5.49 Å². The molecule has 0 N–H and O–H groups in total. The molecule has 4 heteroatoms. The first kappa shape index (κ1) is 11.3. The van der Waals surface area contributed by atoms with Crippen LogP contribution in [-0.2, 0) is 4.79 Å². The lowest BCUT2D eigenvalue weighted by molar-refractivity contribution is -0.113. The van der Waals surface area contributed by atoms with Gasteiger partial charge in [-0.2, -0.15) is 4.99 Å². The zero-order valence-electron chi connectivity index (χ0n) is 10.2. The van der Waals surface area contributed by atoms with Crippen molar-refractivity contribution in [3.63, 3.8) is 0 Å². The van der Waals surface area contributed by atoms with Crippen molar-refractivity contribution in [3.05, 3.63) is 66.8 Å². The molecule has 0 atom stereocenters. The monoisotopic (exact) mass is 249 g/mol. The van der Waals surface area contributed by atoms with Gasteiger partial charge in [0.1, 0.15) is 5.65 Å². The third kappa shape index (κ3) is 1.93. The summed E-state index contributed by atoms with van der Waals surface area (Å²) in [7, 11) is 0. The molecule has 0 fully saturated rings. The fourth-order valence-corrected chi connectivity index (χ4v) is 2.01. The minimum absolute atomic E-state index is 0.391. The van der Waals surface area contributed by atoms with Crippen molar-refractivity contribution in [2.45, 2.75) is 0 Å². The van der Waals surface area contributed by atoms with Crippen LogP contribution in [0.3, 0.4) is 0 Å². The highest BCUT2D eigenvalue weighted by atomic mass is 16.1. The van der Waals surface area contributed by atoms with Gasteiger partial charge in [-0.15, -0.1) is 0 Å². The van der Waals surface area contributed by atoms with E-state index < -0.39 is 5.91 Å². The average Bonchev–Trinajstić information content (AvgIpc) is 2.47. The third-order valence-electron chi connectivity index (χ3n) is 2.85. The van der Waals surface area contributed by atoms with E-state index in [0.29, 0.717) is 5.49 Å². The molecule has 2 aromatic heterocycles. The van der Waals surface area contributed by atoms with Crippen LogP contribution >= 0.6 is 0 Å². The molecule has 0 aliphatic carbocycles. The Hall–Kier alpha value is -2.75. The summed E-state index contributed by atoms with van der Waals surface area (Å²) in [6.07, 6.45) is 3.11. The molecule has 0 saturated carbocycles. The van der Waals surface area contributed by atoms with Gasteiger partial charge in [0.2, 0.25) is 0 Å². The zero-order valence-corrected chi connectivity index (χ0v) is 10.2. The second kappa shape index (κ2) is 4.49. The number of carbonyl (C=O) groups is 1. The van der Waals surface area contributed by atoms with Crippen molar-refractivity contribution in [2.75, 3.05) is 0 Å². The fraction of sp³-hybridized carbons (Fsp3) is 0. The van der Waals surface area contributed by atoms with Crippen LogP contribution in [0.2, 0.25) is 0 Å². The predicted octanol–water partition coefficient (Wildman–Crippen LogP) is 2.10. The Morgan fingerprint density at radius 2 is 2.00 bits per heavy atom. The minimum atomic E-state index is -0.391. The number of nitrogens with zero attached hydrogens (tertiary/aromatic N) is 3. The van der Waals surface area contributed by atoms with E-state index in [9.17, 15) is 4.79 Å². The number of carbonyl (C=O) groups excluding carboxylic acids is 1. The Balaban J connectivity index is 2.53. The van der Waals surface area contributed by atoms with Crippen LogP contribution in [0, 0.1) is 0 Å². The van der Waals surface area contributed by atoms with Crippen molar-refractivity contribution in [1.82, 2.24) is 9.38 Å². The number of aromatic nitrogens is 2. The Morgan fingerprint density at radius 1 is 1.21 bits per heavy atom. The Kier molecular flexibility index (Phi) is 2.68. The molecular formula is C15H11N3O. The molecule has 0 radical (unpaired) electrons. The highest BCUT2D eigenvalue weighted by molar-refractivity contribution is 5.89. The first-order chi connectivity index (χ1) is 9.29. The van der Waals surface area contributed by atoms with E-state index >= 15 is 0 Å². The van der Waals surface area contributed by atoms with Crippen LogP contribution in [0.5, 0.6) is 0 Å². The number of hydrogen-bond acceptors (Lipinski definition) is 2. The first-order valence-corrected chi connectivity index (χ1v) is 5.87. The van der Waals surface area contributed by atoms with Crippen LogP contribution in [0.4, 0.5) is 0 Å². The first-order valence-electron chi connectivity index (χ1n) is 5.87. The van der Waals surface area contributed by atoms with E-state index in [1.165, 1.54) is 6.08 Å². The lowest BCUT2D eigenvalue weighted by Gasteiger charge is -2.05. The molecular weight excluding hydrogens is 238 g/mol. The SMILES string of the molecule is C=CC(=O)N=c1nc2ccccn2c2ccccc12. The number of fused-ring (bicyclic) bond motifs is 3. The summed E-state index contributed by atoms with van der Waals surface area (Å²) in [5.74, 6) is -0.391. The molecule has 0 bridgehead atoms. The third-order valence-corrected chi connectivity index (χ3v) is 2.85. The summed E-state index contributed by atoms with van der Waals surface area (Å²) in [5, 5.41) is 0.835. The van der Waals surface area contributed by atoms with E-state index in [1.807, 2.05) is 53.1 Å². The van der Waals surface area contributed by atoms with Crippen LogP contribution in [0.15, 0.2) is 66.3 Å². The summed E-state index contributed by atoms with van der Waals surface area (Å²) in [5.41, 5.74) is 2.13. The highest BCUT2D eigenvalue weighted by Crippen LogP contribution is 2.10. The average molecular weight is 249 g/mol. The standard InChI is InChI=1S/C15H11N3O/c1-2-14(19)17-15-11-7-3-4-8-12(11)18-10-6-5-9-13(18)16-15/h2-10H,1H2. The van der Waals surface area contributed by atoms with Gasteiger partial charge in [0.25, 0.3) is 5.91 Å². The minimum Gasteiger partial charge on any atom is -0.301 e. The van der Waals surface area contributed by atoms with E-state index in [2.05, 4.69) is 16.6 Å². The fourth-order valence-electron chi connectivity index (χ4n) is 2.01. The largest absolute Gasteiger partial charge is 0.301 e. The molecule has 3 aromatic rings. The molecule has 0 aliphatic heterocycles. The summed E-state index contributed by atoms with van der Waals surface area (Å²) in [6, 6.07) is 13.4. The maximum absolute atomic E-state index is 11.4. The van der Waals surface area contributed by atoms with E-state index in [1.54, 1.807) is 0 Å². The number of pyridine rings is 1. The molecule has 0 unspecified atom stereocenters. The van der Waals surface area contributed by atoms with E-state index in [-0.39, 0.29) is 0 Å². The maximum Gasteiger partial charge on any atom is 0.271 e. The summed E-state index contributed by atoms with van der Waals surface area (Å²) >= 11 is 0. The van der Waals surface area contributed by atoms with Gasteiger partial charge in [0, 0.05) is 11.6 Å². The van der Waals surface area contributed by atoms with Gasteiger partial charge in [0.05, 0.1) is 5.52 Å².